The summed E-state index contributed by atoms with van der Waals surface area (Å²) in [6.07, 6.45) is 2.02. The number of aromatic nitrogens is 1. The Morgan fingerprint density at radius 1 is 1.19 bits per heavy atom. The third kappa shape index (κ3) is 2.66. The first-order chi connectivity index (χ1) is 13.2. The second-order valence-corrected chi connectivity index (χ2v) is 7.66. The number of morpholine rings is 1. The number of anilines is 1. The van der Waals surface area contributed by atoms with Gasteiger partial charge in [-0.05, 0) is 48.2 Å². The highest BCUT2D eigenvalue weighted by Crippen LogP contribution is 2.43. The maximum atomic E-state index is 9.62. The molecule has 5 heteroatoms. The molecule has 1 aliphatic heterocycles. The zero-order valence-corrected chi connectivity index (χ0v) is 15.5. The summed E-state index contributed by atoms with van der Waals surface area (Å²) in [4.78, 5) is 7.07. The Kier molecular flexibility index (Phi) is 3.82. The van der Waals surface area contributed by atoms with Crippen LogP contribution in [0.3, 0.4) is 0 Å². The predicted octanol–water partition coefficient (Wildman–Crippen LogP) is 4.44. The Bertz CT molecular complexity index is 1090. The van der Waals surface area contributed by atoms with Crippen molar-refractivity contribution in [1.82, 2.24) is 4.98 Å². The van der Waals surface area contributed by atoms with Crippen molar-refractivity contribution in [2.45, 2.75) is 18.4 Å². The van der Waals surface area contributed by atoms with Gasteiger partial charge in [-0.2, -0.15) is 5.26 Å². The highest BCUT2D eigenvalue weighted by atomic mass is 35.5. The molecule has 1 unspecified atom stereocenters. The van der Waals surface area contributed by atoms with E-state index in [1.807, 2.05) is 18.2 Å². The normalized spacial score (nSPS) is 21.4. The minimum absolute atomic E-state index is 0.279. The molecule has 1 fully saturated rings. The molecule has 1 saturated heterocycles. The van der Waals surface area contributed by atoms with Gasteiger partial charge in [0.15, 0.2) is 0 Å². The quantitative estimate of drug-likeness (QED) is 0.631. The van der Waals surface area contributed by atoms with Crippen LogP contribution in [0.4, 0.5) is 5.82 Å². The molecule has 2 heterocycles. The average molecular weight is 376 g/mol. The SMILES string of the molecule is N#Cc1cc(N2CCOC3(CCc4ccccc43)C2)nc2ccc(Cl)cc12. The van der Waals surface area contributed by atoms with Crippen molar-refractivity contribution in [2.24, 2.45) is 0 Å². The summed E-state index contributed by atoms with van der Waals surface area (Å²) in [5, 5.41) is 11.0. The minimum atomic E-state index is -0.279. The van der Waals surface area contributed by atoms with Crippen molar-refractivity contribution >= 4 is 28.3 Å². The summed E-state index contributed by atoms with van der Waals surface area (Å²) in [6, 6.07) is 18.2. The molecule has 1 atom stereocenters. The van der Waals surface area contributed by atoms with Gasteiger partial charge < -0.3 is 9.64 Å². The van der Waals surface area contributed by atoms with Crippen LogP contribution >= 0.6 is 11.6 Å². The second kappa shape index (κ2) is 6.23. The summed E-state index contributed by atoms with van der Waals surface area (Å²) in [6.45, 7) is 2.17. The summed E-state index contributed by atoms with van der Waals surface area (Å²) >= 11 is 6.10. The fourth-order valence-corrected chi connectivity index (χ4v) is 4.56. The van der Waals surface area contributed by atoms with Gasteiger partial charge in [0.05, 0.1) is 30.3 Å². The number of nitrogens with zero attached hydrogens (tertiary/aromatic N) is 3. The van der Waals surface area contributed by atoms with Crippen molar-refractivity contribution in [1.29, 1.82) is 5.26 Å². The van der Waals surface area contributed by atoms with E-state index in [2.05, 4.69) is 35.2 Å². The molecule has 1 spiro atoms. The highest BCUT2D eigenvalue weighted by molar-refractivity contribution is 6.31. The number of pyridine rings is 1. The number of fused-ring (bicyclic) bond motifs is 3. The van der Waals surface area contributed by atoms with Gasteiger partial charge in [0, 0.05) is 17.0 Å². The molecule has 0 amide bonds. The van der Waals surface area contributed by atoms with Gasteiger partial charge in [0.2, 0.25) is 0 Å². The van der Waals surface area contributed by atoms with Crippen molar-refractivity contribution in [3.05, 3.63) is 70.2 Å². The van der Waals surface area contributed by atoms with Crippen LogP contribution in [0.1, 0.15) is 23.1 Å². The Balaban J connectivity index is 1.56. The van der Waals surface area contributed by atoms with Crippen LogP contribution in [-0.4, -0.2) is 24.7 Å². The molecule has 3 aromatic rings. The van der Waals surface area contributed by atoms with E-state index in [0.717, 1.165) is 42.7 Å². The van der Waals surface area contributed by atoms with Crippen LogP contribution in [0.5, 0.6) is 0 Å². The lowest BCUT2D eigenvalue weighted by molar-refractivity contribution is -0.0594. The van der Waals surface area contributed by atoms with Gasteiger partial charge in [-0.1, -0.05) is 35.9 Å². The van der Waals surface area contributed by atoms with Gasteiger partial charge >= 0.3 is 0 Å². The van der Waals surface area contributed by atoms with E-state index in [9.17, 15) is 5.26 Å². The second-order valence-electron chi connectivity index (χ2n) is 7.22. The van der Waals surface area contributed by atoms with E-state index in [4.69, 9.17) is 21.3 Å². The van der Waals surface area contributed by atoms with Crippen molar-refractivity contribution in [3.8, 4) is 6.07 Å². The van der Waals surface area contributed by atoms with E-state index in [1.165, 1.54) is 11.1 Å². The summed E-state index contributed by atoms with van der Waals surface area (Å²) < 4.78 is 6.31. The number of hydrogen-bond acceptors (Lipinski definition) is 4. The van der Waals surface area contributed by atoms with Crippen LogP contribution in [0.2, 0.25) is 5.02 Å². The smallest absolute Gasteiger partial charge is 0.130 e. The molecule has 0 saturated carbocycles. The first-order valence-electron chi connectivity index (χ1n) is 9.16. The first kappa shape index (κ1) is 16.6. The molecule has 4 nitrogen and oxygen atoms in total. The molecule has 27 heavy (non-hydrogen) atoms. The Labute approximate surface area is 163 Å². The van der Waals surface area contributed by atoms with E-state index in [0.29, 0.717) is 17.2 Å². The summed E-state index contributed by atoms with van der Waals surface area (Å²) in [7, 11) is 0. The molecule has 0 N–H and O–H groups in total. The first-order valence-corrected chi connectivity index (χ1v) is 9.54. The third-order valence-electron chi connectivity index (χ3n) is 5.69. The minimum Gasteiger partial charge on any atom is -0.367 e. The van der Waals surface area contributed by atoms with Crippen molar-refractivity contribution in [2.75, 3.05) is 24.6 Å². The fraction of sp³-hybridized carbons (Fsp3) is 0.273. The highest BCUT2D eigenvalue weighted by Gasteiger charge is 2.43. The maximum Gasteiger partial charge on any atom is 0.130 e. The van der Waals surface area contributed by atoms with Gasteiger partial charge in [-0.3, -0.25) is 0 Å². The number of aryl methyl sites for hydroxylation is 1. The third-order valence-corrected chi connectivity index (χ3v) is 5.93. The van der Waals surface area contributed by atoms with Gasteiger partial charge in [0.1, 0.15) is 11.4 Å². The van der Waals surface area contributed by atoms with E-state index in [1.54, 1.807) is 6.07 Å². The molecule has 1 aromatic heterocycles. The average Bonchev–Trinajstić information content (AvgIpc) is 3.05. The lowest BCUT2D eigenvalue weighted by atomic mass is 9.93. The van der Waals surface area contributed by atoms with Gasteiger partial charge in [-0.25, -0.2) is 4.98 Å². The Morgan fingerprint density at radius 3 is 2.96 bits per heavy atom. The van der Waals surface area contributed by atoms with E-state index in [-0.39, 0.29) is 5.60 Å². The van der Waals surface area contributed by atoms with Crippen LogP contribution < -0.4 is 4.90 Å². The number of rotatable bonds is 1. The predicted molar refractivity (Wildman–Crippen MR) is 106 cm³/mol. The summed E-state index contributed by atoms with van der Waals surface area (Å²) in [5.41, 5.74) is 3.78. The molecular formula is C22H18ClN3O. The number of nitriles is 1. The number of halogens is 1. The van der Waals surface area contributed by atoms with Crippen LogP contribution in [0.15, 0.2) is 48.5 Å². The largest absolute Gasteiger partial charge is 0.367 e. The fourth-order valence-electron chi connectivity index (χ4n) is 4.39. The molecule has 1 aliphatic carbocycles. The Morgan fingerprint density at radius 2 is 2.07 bits per heavy atom. The van der Waals surface area contributed by atoms with E-state index >= 15 is 0 Å². The van der Waals surface area contributed by atoms with Crippen molar-refractivity contribution < 1.29 is 4.74 Å². The van der Waals surface area contributed by atoms with Crippen LogP contribution in [0.25, 0.3) is 10.9 Å². The van der Waals surface area contributed by atoms with Gasteiger partial charge in [-0.15, -0.1) is 0 Å². The zero-order valence-electron chi connectivity index (χ0n) is 14.8. The number of hydrogen-bond donors (Lipinski definition) is 0. The number of benzene rings is 2. The van der Waals surface area contributed by atoms with Crippen LogP contribution in [-0.2, 0) is 16.8 Å². The van der Waals surface area contributed by atoms with Crippen molar-refractivity contribution in [3.63, 3.8) is 0 Å². The topological polar surface area (TPSA) is 49.2 Å². The number of ether oxygens (including phenoxy) is 1. The maximum absolute atomic E-state index is 9.62. The molecule has 2 aliphatic rings. The molecule has 5 rings (SSSR count). The molecular weight excluding hydrogens is 358 g/mol. The lowest BCUT2D eigenvalue weighted by Crippen LogP contribution is -2.49. The van der Waals surface area contributed by atoms with Gasteiger partial charge in [0.25, 0.3) is 0 Å². The molecule has 0 radical (unpaired) electrons. The summed E-state index contributed by atoms with van der Waals surface area (Å²) in [5.74, 6) is 0.827. The zero-order chi connectivity index (χ0) is 18.4. The Hall–Kier alpha value is -2.61. The van der Waals surface area contributed by atoms with Crippen LogP contribution in [0, 0.1) is 11.3 Å². The monoisotopic (exact) mass is 375 g/mol. The molecule has 134 valence electrons. The lowest BCUT2D eigenvalue weighted by Gasteiger charge is -2.41. The molecule has 2 aromatic carbocycles. The standard InChI is InChI=1S/C22H18ClN3O/c23-17-5-6-20-18(12-17)16(13-24)11-21(25-20)26-9-10-27-22(14-26)8-7-15-3-1-2-4-19(15)22/h1-6,11-12H,7-10,14H2. The van der Waals surface area contributed by atoms with E-state index < -0.39 is 0 Å². The molecule has 0 bridgehead atoms.